The van der Waals surface area contributed by atoms with Gasteiger partial charge in [0.1, 0.15) is 0 Å². The third kappa shape index (κ3) is 3.84. The largest absolute Gasteiger partial charge is 0.345 e. The van der Waals surface area contributed by atoms with Crippen molar-refractivity contribution in [1.29, 1.82) is 0 Å². The first-order chi connectivity index (χ1) is 11.9. The number of thioether (sulfide) groups is 1. The molecule has 0 fully saturated rings. The van der Waals surface area contributed by atoms with Crippen LogP contribution in [-0.4, -0.2) is 27.1 Å². The first-order valence-corrected chi connectivity index (χ1v) is 10.5. The van der Waals surface area contributed by atoms with Gasteiger partial charge >= 0.3 is 0 Å². The molecule has 1 amide bonds. The Labute approximate surface area is 156 Å². The van der Waals surface area contributed by atoms with Gasteiger partial charge in [-0.25, -0.2) is 13.1 Å². The van der Waals surface area contributed by atoms with Crippen molar-refractivity contribution in [3.05, 3.63) is 58.6 Å². The molecule has 1 heterocycles. The van der Waals surface area contributed by atoms with Crippen LogP contribution in [0, 0.1) is 0 Å². The fraction of sp³-hybridized carbons (Fsp3) is 0.235. The summed E-state index contributed by atoms with van der Waals surface area (Å²) in [7, 11) is -2.32. The zero-order valence-electron chi connectivity index (χ0n) is 13.5. The molecule has 0 unspecified atom stereocenters. The predicted octanol–water partition coefficient (Wildman–Crippen LogP) is 3.22. The maximum atomic E-state index is 12.7. The minimum atomic E-state index is -3.64. The normalized spacial score (nSPS) is 17.0. The monoisotopic (exact) mass is 396 g/mol. The number of carbonyl (C=O) groups excluding carboxylic acids is 1. The van der Waals surface area contributed by atoms with Crippen LogP contribution < -0.4 is 10.0 Å². The molecular weight excluding hydrogens is 380 g/mol. The van der Waals surface area contributed by atoms with Crippen molar-refractivity contribution in [2.75, 3.05) is 12.8 Å². The molecule has 3 rings (SSSR count). The van der Waals surface area contributed by atoms with E-state index in [-0.39, 0.29) is 27.4 Å². The van der Waals surface area contributed by atoms with Crippen LogP contribution in [0.2, 0.25) is 5.02 Å². The van der Waals surface area contributed by atoms with Gasteiger partial charge in [0, 0.05) is 10.6 Å². The van der Waals surface area contributed by atoms with Crippen molar-refractivity contribution in [2.24, 2.45) is 0 Å². The summed E-state index contributed by atoms with van der Waals surface area (Å²) in [4.78, 5) is 13.8. The molecule has 0 bridgehead atoms. The molecule has 132 valence electrons. The Morgan fingerprint density at radius 1 is 1.24 bits per heavy atom. The van der Waals surface area contributed by atoms with Crippen LogP contribution >= 0.6 is 23.4 Å². The number of hydrogen-bond donors (Lipinski definition) is 2. The summed E-state index contributed by atoms with van der Waals surface area (Å²) in [6.45, 7) is 0. The van der Waals surface area contributed by atoms with Crippen LogP contribution in [0.3, 0.4) is 0 Å². The number of rotatable bonds is 4. The molecule has 0 saturated heterocycles. The molecule has 5 nitrogen and oxygen atoms in total. The minimum absolute atomic E-state index is 0.00384. The number of halogens is 1. The van der Waals surface area contributed by atoms with Crippen molar-refractivity contribution in [3.8, 4) is 0 Å². The second-order valence-corrected chi connectivity index (χ2v) is 8.98. The fourth-order valence-corrected chi connectivity index (χ4v) is 4.78. The number of fused-ring (bicyclic) bond motifs is 1. The van der Waals surface area contributed by atoms with Crippen molar-refractivity contribution in [1.82, 2.24) is 10.0 Å². The second kappa shape index (κ2) is 7.37. The SMILES string of the molecule is CNS(=O)(=O)c1ccc(Cl)c(C(=O)N[C@H]2CCSc3ccccc32)c1. The van der Waals surface area contributed by atoms with Crippen LogP contribution in [-0.2, 0) is 10.0 Å². The smallest absolute Gasteiger partial charge is 0.253 e. The van der Waals surface area contributed by atoms with Crippen LogP contribution in [0.25, 0.3) is 0 Å². The van der Waals surface area contributed by atoms with E-state index in [2.05, 4.69) is 10.0 Å². The van der Waals surface area contributed by atoms with Crippen LogP contribution in [0.1, 0.15) is 28.4 Å². The van der Waals surface area contributed by atoms with Crippen molar-refractivity contribution in [2.45, 2.75) is 22.3 Å². The van der Waals surface area contributed by atoms with E-state index in [0.717, 1.165) is 22.6 Å². The first-order valence-electron chi connectivity index (χ1n) is 7.68. The average molecular weight is 397 g/mol. The molecule has 0 aliphatic carbocycles. The van der Waals surface area contributed by atoms with E-state index in [4.69, 9.17) is 11.6 Å². The van der Waals surface area contributed by atoms with Crippen LogP contribution in [0.4, 0.5) is 0 Å². The fourth-order valence-electron chi connectivity index (χ4n) is 2.69. The Morgan fingerprint density at radius 2 is 2.00 bits per heavy atom. The Morgan fingerprint density at radius 3 is 2.76 bits per heavy atom. The van der Waals surface area contributed by atoms with Gasteiger partial charge < -0.3 is 5.32 Å². The number of sulfonamides is 1. The maximum absolute atomic E-state index is 12.7. The highest BCUT2D eigenvalue weighted by Gasteiger charge is 2.24. The Hall–Kier alpha value is -1.54. The Bertz CT molecular complexity index is 916. The third-order valence-corrected chi connectivity index (χ3v) is 6.89. The highest BCUT2D eigenvalue weighted by molar-refractivity contribution is 7.99. The lowest BCUT2D eigenvalue weighted by Gasteiger charge is -2.26. The highest BCUT2D eigenvalue weighted by Crippen LogP contribution is 2.36. The van der Waals surface area contributed by atoms with Gasteiger partial charge in [-0.15, -0.1) is 11.8 Å². The number of benzene rings is 2. The summed E-state index contributed by atoms with van der Waals surface area (Å²) >= 11 is 7.88. The van der Waals surface area contributed by atoms with E-state index >= 15 is 0 Å². The first kappa shape index (κ1) is 18.3. The quantitative estimate of drug-likeness (QED) is 0.832. The lowest BCUT2D eigenvalue weighted by atomic mass is 10.0. The molecule has 1 aliphatic rings. The molecule has 0 spiro atoms. The molecule has 8 heteroatoms. The van der Waals surface area contributed by atoms with Gasteiger partial charge in [-0.1, -0.05) is 29.8 Å². The van der Waals surface area contributed by atoms with Crippen LogP contribution in [0.5, 0.6) is 0 Å². The van der Waals surface area contributed by atoms with Crippen molar-refractivity contribution in [3.63, 3.8) is 0 Å². The van der Waals surface area contributed by atoms with E-state index in [9.17, 15) is 13.2 Å². The van der Waals surface area contributed by atoms with Gasteiger partial charge in [-0.05, 0) is 43.3 Å². The molecule has 2 aromatic carbocycles. The summed E-state index contributed by atoms with van der Waals surface area (Å²) in [6, 6.07) is 11.9. The van der Waals surface area contributed by atoms with E-state index in [1.807, 2.05) is 24.3 Å². The molecule has 0 saturated carbocycles. The lowest BCUT2D eigenvalue weighted by molar-refractivity contribution is 0.0935. The molecule has 0 radical (unpaired) electrons. The zero-order valence-corrected chi connectivity index (χ0v) is 15.8. The molecule has 0 aromatic heterocycles. The Balaban J connectivity index is 1.89. The molecule has 25 heavy (non-hydrogen) atoms. The van der Waals surface area contributed by atoms with E-state index in [1.165, 1.54) is 25.2 Å². The summed E-state index contributed by atoms with van der Waals surface area (Å²) in [5.41, 5.74) is 1.22. The van der Waals surface area contributed by atoms with Gasteiger partial charge in [0.25, 0.3) is 5.91 Å². The van der Waals surface area contributed by atoms with Gasteiger partial charge in [0.2, 0.25) is 10.0 Å². The summed E-state index contributed by atoms with van der Waals surface area (Å²) in [5, 5.41) is 3.19. The van der Waals surface area contributed by atoms with Gasteiger partial charge in [-0.2, -0.15) is 0 Å². The summed E-state index contributed by atoms with van der Waals surface area (Å²) < 4.78 is 26.1. The number of nitrogens with one attached hydrogen (secondary N) is 2. The van der Waals surface area contributed by atoms with E-state index < -0.39 is 10.0 Å². The minimum Gasteiger partial charge on any atom is -0.345 e. The molecular formula is C17H17ClN2O3S2. The third-order valence-electron chi connectivity index (χ3n) is 4.03. The van der Waals surface area contributed by atoms with Crippen LogP contribution in [0.15, 0.2) is 52.3 Å². The van der Waals surface area contributed by atoms with Crippen molar-refractivity contribution < 1.29 is 13.2 Å². The lowest BCUT2D eigenvalue weighted by Crippen LogP contribution is -2.31. The standard InChI is InChI=1S/C17H17ClN2O3S2/c1-19-25(22,23)11-6-7-14(18)13(10-11)17(21)20-15-8-9-24-16-5-3-2-4-12(15)16/h2-7,10,15,19H,8-9H2,1H3,(H,20,21)/t15-/m0/s1. The molecule has 2 N–H and O–H groups in total. The second-order valence-electron chi connectivity index (χ2n) is 5.55. The van der Waals surface area contributed by atoms with E-state index in [1.54, 1.807) is 11.8 Å². The average Bonchev–Trinajstić information content (AvgIpc) is 2.62. The molecule has 2 aromatic rings. The highest BCUT2D eigenvalue weighted by atomic mass is 35.5. The number of hydrogen-bond acceptors (Lipinski definition) is 4. The topological polar surface area (TPSA) is 75.3 Å². The number of amides is 1. The molecule has 1 atom stereocenters. The number of carbonyl (C=O) groups is 1. The van der Waals surface area contributed by atoms with Gasteiger partial charge in [0.05, 0.1) is 21.5 Å². The summed E-state index contributed by atoms with van der Waals surface area (Å²) in [6.07, 6.45) is 0.805. The van der Waals surface area contributed by atoms with Gasteiger partial charge in [-0.3, -0.25) is 4.79 Å². The maximum Gasteiger partial charge on any atom is 0.253 e. The van der Waals surface area contributed by atoms with Crippen molar-refractivity contribution >= 4 is 39.3 Å². The zero-order chi connectivity index (χ0) is 18.0. The van der Waals surface area contributed by atoms with E-state index in [0.29, 0.717) is 0 Å². The predicted molar refractivity (Wildman–Crippen MR) is 99.7 cm³/mol. The molecule has 1 aliphatic heterocycles. The summed E-state index contributed by atoms with van der Waals surface area (Å²) in [5.74, 6) is 0.522. The Kier molecular flexibility index (Phi) is 5.38. The van der Waals surface area contributed by atoms with Gasteiger partial charge in [0.15, 0.2) is 0 Å².